The van der Waals surface area contributed by atoms with Crippen molar-refractivity contribution in [1.82, 2.24) is 9.97 Å². The summed E-state index contributed by atoms with van der Waals surface area (Å²) >= 11 is 0. The van der Waals surface area contributed by atoms with Crippen LogP contribution in [0.3, 0.4) is 0 Å². The van der Waals surface area contributed by atoms with Crippen molar-refractivity contribution in [2.45, 2.75) is 25.7 Å². The first-order chi connectivity index (χ1) is 11.8. The quantitative estimate of drug-likeness (QED) is 0.940. The van der Waals surface area contributed by atoms with E-state index in [0.29, 0.717) is 22.9 Å². The van der Waals surface area contributed by atoms with E-state index in [1.807, 2.05) is 0 Å². The molecule has 1 saturated heterocycles. The van der Waals surface area contributed by atoms with Crippen molar-refractivity contribution < 1.29 is 4.79 Å². The van der Waals surface area contributed by atoms with Crippen LogP contribution in [0, 0.1) is 11.3 Å². The second-order valence-corrected chi connectivity index (χ2v) is 5.79. The maximum atomic E-state index is 12.4. The van der Waals surface area contributed by atoms with E-state index in [1.54, 1.807) is 36.5 Å². The van der Waals surface area contributed by atoms with Crippen LogP contribution >= 0.6 is 0 Å². The predicted octanol–water partition coefficient (Wildman–Crippen LogP) is 2.98. The molecule has 1 aromatic carbocycles. The van der Waals surface area contributed by atoms with Gasteiger partial charge in [0, 0.05) is 25.0 Å². The number of aromatic nitrogens is 2. The molecule has 6 nitrogen and oxygen atoms in total. The molecule has 1 aliphatic rings. The maximum Gasteiger partial charge on any atom is 0.274 e. The average Bonchev–Trinajstić information content (AvgIpc) is 2.91. The minimum absolute atomic E-state index is 0.302. The van der Waals surface area contributed by atoms with E-state index >= 15 is 0 Å². The molecular weight excluding hydrogens is 302 g/mol. The van der Waals surface area contributed by atoms with E-state index in [-0.39, 0.29) is 5.91 Å². The zero-order valence-corrected chi connectivity index (χ0v) is 13.4. The molecular formula is C18H19N5O. The highest BCUT2D eigenvalue weighted by molar-refractivity contribution is 6.03. The van der Waals surface area contributed by atoms with Crippen molar-refractivity contribution in [1.29, 1.82) is 5.26 Å². The molecule has 1 aromatic heterocycles. The number of hydrogen-bond donors (Lipinski definition) is 1. The third-order valence-electron chi connectivity index (χ3n) is 4.01. The van der Waals surface area contributed by atoms with Crippen molar-refractivity contribution in [2.75, 3.05) is 23.3 Å². The number of anilines is 2. The zero-order valence-electron chi connectivity index (χ0n) is 13.4. The Balaban J connectivity index is 1.75. The van der Waals surface area contributed by atoms with Gasteiger partial charge in [0.2, 0.25) is 5.95 Å². The first-order valence-electron chi connectivity index (χ1n) is 8.16. The highest BCUT2D eigenvalue weighted by atomic mass is 16.1. The SMILES string of the molecule is N#Cc1cccc(NC(=O)c2ccnc(N3CCCCCC3)n2)c1. The Morgan fingerprint density at radius 1 is 1.17 bits per heavy atom. The number of rotatable bonds is 3. The number of carbonyl (C=O) groups is 1. The largest absolute Gasteiger partial charge is 0.341 e. The van der Waals surface area contributed by atoms with Gasteiger partial charge in [-0.1, -0.05) is 18.9 Å². The van der Waals surface area contributed by atoms with E-state index in [0.717, 1.165) is 25.9 Å². The molecule has 24 heavy (non-hydrogen) atoms. The first kappa shape index (κ1) is 15.9. The fourth-order valence-electron chi connectivity index (χ4n) is 2.76. The summed E-state index contributed by atoms with van der Waals surface area (Å²) in [7, 11) is 0. The molecule has 2 aromatic rings. The summed E-state index contributed by atoms with van der Waals surface area (Å²) in [5.41, 5.74) is 1.40. The summed E-state index contributed by atoms with van der Waals surface area (Å²) in [6, 6.07) is 10.5. The van der Waals surface area contributed by atoms with Gasteiger partial charge in [0.15, 0.2) is 0 Å². The van der Waals surface area contributed by atoms with Gasteiger partial charge in [-0.05, 0) is 37.1 Å². The lowest BCUT2D eigenvalue weighted by Crippen LogP contribution is -2.27. The highest BCUT2D eigenvalue weighted by Crippen LogP contribution is 2.16. The van der Waals surface area contributed by atoms with Crippen LogP contribution in [-0.4, -0.2) is 29.0 Å². The molecule has 0 spiro atoms. The lowest BCUT2D eigenvalue weighted by Gasteiger charge is -2.20. The number of nitrogens with zero attached hydrogens (tertiary/aromatic N) is 4. The smallest absolute Gasteiger partial charge is 0.274 e. The second kappa shape index (κ2) is 7.55. The Bertz CT molecular complexity index is 760. The van der Waals surface area contributed by atoms with Crippen LogP contribution in [0.25, 0.3) is 0 Å². The number of carbonyl (C=O) groups excluding carboxylic acids is 1. The van der Waals surface area contributed by atoms with E-state index in [1.165, 1.54) is 12.8 Å². The third-order valence-corrected chi connectivity index (χ3v) is 4.01. The molecule has 0 bridgehead atoms. The van der Waals surface area contributed by atoms with Gasteiger partial charge in [-0.15, -0.1) is 0 Å². The van der Waals surface area contributed by atoms with Crippen LogP contribution in [0.15, 0.2) is 36.5 Å². The van der Waals surface area contributed by atoms with Gasteiger partial charge in [0.25, 0.3) is 5.91 Å². The summed E-state index contributed by atoms with van der Waals surface area (Å²) in [6.07, 6.45) is 6.33. The van der Waals surface area contributed by atoms with E-state index < -0.39 is 0 Å². The number of benzene rings is 1. The van der Waals surface area contributed by atoms with Gasteiger partial charge in [-0.25, -0.2) is 9.97 Å². The molecule has 2 heterocycles. The second-order valence-electron chi connectivity index (χ2n) is 5.79. The Kier molecular flexibility index (Phi) is 5.02. The van der Waals surface area contributed by atoms with Crippen molar-refractivity contribution in [3.05, 3.63) is 47.8 Å². The van der Waals surface area contributed by atoms with Crippen molar-refractivity contribution >= 4 is 17.5 Å². The Labute approximate surface area is 141 Å². The van der Waals surface area contributed by atoms with Crippen LogP contribution in [0.1, 0.15) is 41.7 Å². The summed E-state index contributed by atoms with van der Waals surface area (Å²) in [4.78, 5) is 23.3. The van der Waals surface area contributed by atoms with Gasteiger partial charge in [0.05, 0.1) is 11.6 Å². The summed E-state index contributed by atoms with van der Waals surface area (Å²) in [5.74, 6) is 0.305. The Morgan fingerprint density at radius 3 is 2.71 bits per heavy atom. The molecule has 0 aliphatic carbocycles. The van der Waals surface area contributed by atoms with E-state index in [4.69, 9.17) is 5.26 Å². The Hall–Kier alpha value is -2.94. The molecule has 1 fully saturated rings. The lowest BCUT2D eigenvalue weighted by atomic mass is 10.2. The molecule has 1 N–H and O–H groups in total. The summed E-state index contributed by atoms with van der Waals surface area (Å²) in [5, 5.41) is 11.7. The van der Waals surface area contributed by atoms with Crippen LogP contribution in [0.5, 0.6) is 0 Å². The number of nitriles is 1. The van der Waals surface area contributed by atoms with E-state index in [2.05, 4.69) is 26.3 Å². The van der Waals surface area contributed by atoms with Gasteiger partial charge in [0.1, 0.15) is 5.69 Å². The third kappa shape index (κ3) is 3.87. The minimum Gasteiger partial charge on any atom is -0.341 e. The number of amides is 1. The number of nitrogens with one attached hydrogen (secondary N) is 1. The topological polar surface area (TPSA) is 81.9 Å². The van der Waals surface area contributed by atoms with Crippen molar-refractivity contribution in [3.8, 4) is 6.07 Å². The molecule has 0 unspecified atom stereocenters. The van der Waals surface area contributed by atoms with Gasteiger partial charge in [-0.2, -0.15) is 5.26 Å². The van der Waals surface area contributed by atoms with E-state index in [9.17, 15) is 4.79 Å². The van der Waals surface area contributed by atoms with Gasteiger partial charge in [-0.3, -0.25) is 4.79 Å². The highest BCUT2D eigenvalue weighted by Gasteiger charge is 2.15. The van der Waals surface area contributed by atoms with Gasteiger partial charge >= 0.3 is 0 Å². The van der Waals surface area contributed by atoms with Crippen LogP contribution < -0.4 is 10.2 Å². The average molecular weight is 321 g/mol. The van der Waals surface area contributed by atoms with Crippen LogP contribution in [-0.2, 0) is 0 Å². The van der Waals surface area contributed by atoms with Crippen molar-refractivity contribution in [2.24, 2.45) is 0 Å². The molecule has 6 heteroatoms. The summed E-state index contributed by atoms with van der Waals surface area (Å²) in [6.45, 7) is 1.85. The predicted molar refractivity (Wildman–Crippen MR) is 91.8 cm³/mol. The van der Waals surface area contributed by atoms with Crippen LogP contribution in [0.2, 0.25) is 0 Å². The Morgan fingerprint density at radius 2 is 1.96 bits per heavy atom. The molecule has 122 valence electrons. The fraction of sp³-hybridized carbons (Fsp3) is 0.333. The molecule has 0 atom stereocenters. The standard InChI is InChI=1S/C18H19N5O/c19-13-14-6-5-7-15(12-14)21-17(24)16-8-9-20-18(22-16)23-10-3-1-2-4-11-23/h5-9,12H,1-4,10-11H2,(H,21,24). The van der Waals surface area contributed by atoms with Gasteiger partial charge < -0.3 is 10.2 Å². The molecule has 0 saturated carbocycles. The molecule has 1 aliphatic heterocycles. The monoisotopic (exact) mass is 321 g/mol. The zero-order chi connectivity index (χ0) is 16.8. The summed E-state index contributed by atoms with van der Waals surface area (Å²) < 4.78 is 0. The molecule has 0 radical (unpaired) electrons. The minimum atomic E-state index is -0.302. The fourth-order valence-corrected chi connectivity index (χ4v) is 2.76. The van der Waals surface area contributed by atoms with Crippen LogP contribution in [0.4, 0.5) is 11.6 Å². The van der Waals surface area contributed by atoms with Crippen molar-refractivity contribution in [3.63, 3.8) is 0 Å². The number of hydrogen-bond acceptors (Lipinski definition) is 5. The molecule has 3 rings (SSSR count). The molecule has 1 amide bonds. The lowest BCUT2D eigenvalue weighted by molar-refractivity contribution is 0.102. The first-order valence-corrected chi connectivity index (χ1v) is 8.16. The maximum absolute atomic E-state index is 12.4. The normalized spacial score (nSPS) is 14.5.